The van der Waals surface area contributed by atoms with E-state index in [2.05, 4.69) is 0 Å². The molecule has 1 rings (SSSR count). The molecule has 0 spiro atoms. The number of hydrogen-bond acceptors (Lipinski definition) is 4. The molecule has 106 valence electrons. The highest BCUT2D eigenvalue weighted by Gasteiger charge is 2.15. The van der Waals surface area contributed by atoms with Gasteiger partial charge in [0.05, 0.1) is 20.8 Å². The van der Waals surface area contributed by atoms with Crippen LogP contribution < -0.4 is 9.47 Å². The Labute approximate surface area is 113 Å². The Hall–Kier alpha value is -1.75. The van der Waals surface area contributed by atoms with Gasteiger partial charge in [0.1, 0.15) is 11.5 Å². The van der Waals surface area contributed by atoms with Crippen LogP contribution in [-0.4, -0.2) is 32.4 Å². The van der Waals surface area contributed by atoms with E-state index >= 15 is 0 Å². The SMILES string of the molecule is COCc1ccc(OC)c(CCCC(=O)O)c1OC. The van der Waals surface area contributed by atoms with E-state index in [9.17, 15) is 4.79 Å². The Balaban J connectivity index is 3.01. The summed E-state index contributed by atoms with van der Waals surface area (Å²) in [5.74, 6) is 0.625. The van der Waals surface area contributed by atoms with E-state index in [0.717, 1.165) is 11.1 Å². The van der Waals surface area contributed by atoms with Gasteiger partial charge in [-0.05, 0) is 25.0 Å². The van der Waals surface area contributed by atoms with Gasteiger partial charge in [-0.25, -0.2) is 0 Å². The number of carbonyl (C=O) groups is 1. The fourth-order valence-electron chi connectivity index (χ4n) is 2.03. The third kappa shape index (κ3) is 4.13. The minimum atomic E-state index is -0.800. The minimum Gasteiger partial charge on any atom is -0.496 e. The first-order chi connectivity index (χ1) is 9.13. The van der Waals surface area contributed by atoms with Gasteiger partial charge in [0.25, 0.3) is 0 Å². The van der Waals surface area contributed by atoms with E-state index in [1.165, 1.54) is 0 Å². The molecule has 0 aliphatic rings. The molecule has 0 bridgehead atoms. The number of ether oxygens (including phenoxy) is 3. The molecule has 0 saturated heterocycles. The molecule has 1 aromatic rings. The van der Waals surface area contributed by atoms with Crippen molar-refractivity contribution in [2.45, 2.75) is 25.9 Å². The fraction of sp³-hybridized carbons (Fsp3) is 0.500. The molecule has 0 aliphatic heterocycles. The fourth-order valence-corrected chi connectivity index (χ4v) is 2.03. The molecule has 1 N–H and O–H groups in total. The highest BCUT2D eigenvalue weighted by Crippen LogP contribution is 2.33. The summed E-state index contributed by atoms with van der Waals surface area (Å²) in [5, 5.41) is 8.70. The van der Waals surface area contributed by atoms with Crippen LogP contribution >= 0.6 is 0 Å². The predicted octanol–water partition coefficient (Wildman–Crippen LogP) is 2.26. The number of methoxy groups -OCH3 is 3. The summed E-state index contributed by atoms with van der Waals surface area (Å²) in [5.41, 5.74) is 1.82. The lowest BCUT2D eigenvalue weighted by Crippen LogP contribution is -2.03. The van der Waals surface area contributed by atoms with Crippen molar-refractivity contribution < 1.29 is 24.1 Å². The zero-order valence-electron chi connectivity index (χ0n) is 11.6. The Bertz CT molecular complexity index is 428. The maximum atomic E-state index is 10.6. The second kappa shape index (κ2) is 7.63. The van der Waals surface area contributed by atoms with Gasteiger partial charge < -0.3 is 19.3 Å². The topological polar surface area (TPSA) is 65.0 Å². The van der Waals surface area contributed by atoms with Gasteiger partial charge in [-0.15, -0.1) is 0 Å². The summed E-state index contributed by atoms with van der Waals surface area (Å²) in [7, 11) is 4.80. The first-order valence-electron chi connectivity index (χ1n) is 6.07. The van der Waals surface area contributed by atoms with Crippen LogP contribution in [0, 0.1) is 0 Å². The molecular weight excluding hydrogens is 248 g/mol. The molecule has 0 aromatic heterocycles. The smallest absolute Gasteiger partial charge is 0.303 e. The lowest BCUT2D eigenvalue weighted by atomic mass is 10.0. The highest BCUT2D eigenvalue weighted by atomic mass is 16.5. The van der Waals surface area contributed by atoms with Gasteiger partial charge in [-0.2, -0.15) is 0 Å². The zero-order chi connectivity index (χ0) is 14.3. The van der Waals surface area contributed by atoms with Gasteiger partial charge in [0, 0.05) is 24.7 Å². The van der Waals surface area contributed by atoms with Crippen molar-refractivity contribution in [3.63, 3.8) is 0 Å². The average Bonchev–Trinajstić information content (AvgIpc) is 2.39. The summed E-state index contributed by atoms with van der Waals surface area (Å²) in [6, 6.07) is 3.74. The van der Waals surface area contributed by atoms with Crippen LogP contribution in [-0.2, 0) is 22.6 Å². The Kier molecular flexibility index (Phi) is 6.15. The second-order valence-electron chi connectivity index (χ2n) is 4.12. The number of hydrogen-bond donors (Lipinski definition) is 1. The average molecular weight is 268 g/mol. The molecule has 5 heteroatoms. The molecule has 0 heterocycles. The lowest BCUT2D eigenvalue weighted by Gasteiger charge is -2.16. The van der Waals surface area contributed by atoms with Crippen molar-refractivity contribution in [3.05, 3.63) is 23.3 Å². The molecule has 0 radical (unpaired) electrons. The summed E-state index contributed by atoms with van der Waals surface area (Å²) in [4.78, 5) is 10.6. The number of benzene rings is 1. The Morgan fingerprint density at radius 1 is 1.21 bits per heavy atom. The summed E-state index contributed by atoms with van der Waals surface area (Å²) in [6.45, 7) is 0.444. The Morgan fingerprint density at radius 2 is 1.95 bits per heavy atom. The van der Waals surface area contributed by atoms with Crippen LogP contribution in [0.5, 0.6) is 11.5 Å². The first kappa shape index (κ1) is 15.3. The minimum absolute atomic E-state index is 0.126. The molecule has 19 heavy (non-hydrogen) atoms. The normalized spacial score (nSPS) is 10.3. The summed E-state index contributed by atoms with van der Waals surface area (Å²) in [6.07, 6.45) is 1.26. The van der Waals surface area contributed by atoms with Crippen LogP contribution in [0.2, 0.25) is 0 Å². The molecule has 0 unspecified atom stereocenters. The van der Waals surface area contributed by atoms with Crippen molar-refractivity contribution in [1.29, 1.82) is 0 Å². The largest absolute Gasteiger partial charge is 0.496 e. The molecule has 0 amide bonds. The summed E-state index contributed by atoms with van der Waals surface area (Å²) >= 11 is 0. The second-order valence-corrected chi connectivity index (χ2v) is 4.12. The van der Waals surface area contributed by atoms with Crippen LogP contribution in [0.25, 0.3) is 0 Å². The first-order valence-corrected chi connectivity index (χ1v) is 6.07. The van der Waals surface area contributed by atoms with Gasteiger partial charge in [0.2, 0.25) is 0 Å². The monoisotopic (exact) mass is 268 g/mol. The number of carboxylic acid groups (broad SMARTS) is 1. The number of rotatable bonds is 8. The highest BCUT2D eigenvalue weighted by molar-refractivity contribution is 5.66. The molecule has 5 nitrogen and oxygen atoms in total. The third-order valence-corrected chi connectivity index (χ3v) is 2.84. The van der Waals surface area contributed by atoms with Crippen molar-refractivity contribution in [1.82, 2.24) is 0 Å². The van der Waals surface area contributed by atoms with E-state index in [1.807, 2.05) is 12.1 Å². The van der Waals surface area contributed by atoms with E-state index in [1.54, 1.807) is 21.3 Å². The standard InChI is InChI=1S/C14H20O5/c1-17-9-10-7-8-12(18-2)11(14(10)19-3)5-4-6-13(15)16/h7-8H,4-6,9H2,1-3H3,(H,15,16). The third-order valence-electron chi connectivity index (χ3n) is 2.84. The van der Waals surface area contributed by atoms with Crippen LogP contribution in [0.3, 0.4) is 0 Å². The Morgan fingerprint density at radius 3 is 2.47 bits per heavy atom. The molecule has 1 aromatic carbocycles. The number of aliphatic carboxylic acids is 1. The van der Waals surface area contributed by atoms with Crippen LogP contribution in [0.4, 0.5) is 0 Å². The maximum absolute atomic E-state index is 10.6. The van der Waals surface area contributed by atoms with E-state index < -0.39 is 5.97 Å². The molecule has 0 aliphatic carbocycles. The molecule has 0 fully saturated rings. The molecular formula is C14H20O5. The van der Waals surface area contributed by atoms with Crippen molar-refractivity contribution in [2.24, 2.45) is 0 Å². The van der Waals surface area contributed by atoms with Crippen LogP contribution in [0.15, 0.2) is 12.1 Å². The van der Waals surface area contributed by atoms with Gasteiger partial charge in [0.15, 0.2) is 0 Å². The van der Waals surface area contributed by atoms with E-state index in [0.29, 0.717) is 30.9 Å². The van der Waals surface area contributed by atoms with Gasteiger partial charge in [-0.1, -0.05) is 0 Å². The van der Waals surface area contributed by atoms with E-state index in [4.69, 9.17) is 19.3 Å². The van der Waals surface area contributed by atoms with Crippen molar-refractivity contribution >= 4 is 5.97 Å². The predicted molar refractivity (Wildman–Crippen MR) is 70.8 cm³/mol. The summed E-state index contributed by atoms with van der Waals surface area (Å²) < 4.78 is 15.9. The van der Waals surface area contributed by atoms with Crippen molar-refractivity contribution in [2.75, 3.05) is 21.3 Å². The van der Waals surface area contributed by atoms with Crippen LogP contribution in [0.1, 0.15) is 24.0 Å². The van der Waals surface area contributed by atoms with Gasteiger partial charge in [-0.3, -0.25) is 4.79 Å². The lowest BCUT2D eigenvalue weighted by molar-refractivity contribution is -0.137. The number of carboxylic acids is 1. The van der Waals surface area contributed by atoms with E-state index in [-0.39, 0.29) is 6.42 Å². The van der Waals surface area contributed by atoms with Gasteiger partial charge >= 0.3 is 5.97 Å². The van der Waals surface area contributed by atoms with Crippen molar-refractivity contribution in [3.8, 4) is 11.5 Å². The molecule has 0 saturated carbocycles. The molecule has 0 atom stereocenters. The quantitative estimate of drug-likeness (QED) is 0.783. The maximum Gasteiger partial charge on any atom is 0.303 e. The zero-order valence-corrected chi connectivity index (χ0v) is 11.6.